The smallest absolute Gasteiger partial charge is 0.0793 e. The highest BCUT2D eigenvalue weighted by Gasteiger charge is 2.23. The van der Waals surface area contributed by atoms with E-state index in [1.54, 1.807) is 0 Å². The Morgan fingerprint density at radius 3 is 2.86 bits per heavy atom. The number of hydrogen-bond donors (Lipinski definition) is 1. The molecule has 76 valence electrons. The van der Waals surface area contributed by atoms with Crippen molar-refractivity contribution < 1.29 is 5.11 Å². The van der Waals surface area contributed by atoms with Crippen LogP contribution < -0.4 is 0 Å². The molecule has 0 atom stereocenters. The van der Waals surface area contributed by atoms with Crippen LogP contribution in [0.2, 0.25) is 0 Å². The first-order valence-electron chi connectivity index (χ1n) is 5.06. The number of β-amino-alcohol motifs (C(OH)–C–C–N with tert-alkyl or cyclic N) is 1. The van der Waals surface area contributed by atoms with Gasteiger partial charge in [-0.15, -0.1) is 0 Å². The van der Waals surface area contributed by atoms with Gasteiger partial charge in [0.15, 0.2) is 0 Å². The lowest BCUT2D eigenvalue weighted by molar-refractivity contribution is 0.00297. The van der Waals surface area contributed by atoms with Gasteiger partial charge in [0.05, 0.1) is 6.10 Å². The molecule has 2 rings (SSSR count). The molecule has 0 spiro atoms. The van der Waals surface area contributed by atoms with Crippen LogP contribution in [-0.4, -0.2) is 40.7 Å². The molecule has 0 saturated carbocycles. The van der Waals surface area contributed by atoms with Gasteiger partial charge in [-0.05, 0) is 18.6 Å². The highest BCUT2D eigenvalue weighted by molar-refractivity contribution is 5.12. The Bertz CT molecular complexity index is 291. The monoisotopic (exact) mass is 192 g/mol. The van der Waals surface area contributed by atoms with Gasteiger partial charge >= 0.3 is 0 Å². The third kappa shape index (κ3) is 2.30. The molecule has 1 fully saturated rings. The Kier molecular flexibility index (Phi) is 2.79. The number of pyridine rings is 1. The van der Waals surface area contributed by atoms with Crippen LogP contribution in [0.5, 0.6) is 0 Å². The molecule has 0 aliphatic carbocycles. The number of rotatable bonds is 3. The lowest BCUT2D eigenvalue weighted by atomic mass is 10.1. The third-order valence-corrected chi connectivity index (χ3v) is 2.59. The molecule has 3 nitrogen and oxygen atoms in total. The Labute approximate surface area is 84.4 Å². The number of nitrogens with zero attached hydrogens (tertiary/aromatic N) is 2. The van der Waals surface area contributed by atoms with Crippen LogP contribution in [-0.2, 0) is 6.42 Å². The van der Waals surface area contributed by atoms with Gasteiger partial charge in [0.1, 0.15) is 0 Å². The summed E-state index contributed by atoms with van der Waals surface area (Å²) in [4.78, 5) is 6.58. The predicted octanol–water partition coefficient (Wildman–Crippen LogP) is 0.609. The summed E-state index contributed by atoms with van der Waals surface area (Å²) in [5.41, 5.74) is 2.34. The fourth-order valence-corrected chi connectivity index (χ4v) is 1.64. The maximum absolute atomic E-state index is 9.09. The van der Waals surface area contributed by atoms with E-state index in [0.29, 0.717) is 0 Å². The van der Waals surface area contributed by atoms with Crippen molar-refractivity contribution in [2.45, 2.75) is 19.4 Å². The molecule has 1 aliphatic rings. The highest BCUT2D eigenvalue weighted by atomic mass is 16.3. The van der Waals surface area contributed by atoms with Gasteiger partial charge in [-0.25, -0.2) is 0 Å². The maximum atomic E-state index is 9.09. The van der Waals surface area contributed by atoms with Crippen LogP contribution in [0, 0.1) is 6.92 Å². The molecule has 0 amide bonds. The topological polar surface area (TPSA) is 36.4 Å². The summed E-state index contributed by atoms with van der Waals surface area (Å²) in [5, 5.41) is 9.09. The molecule has 3 heteroatoms. The van der Waals surface area contributed by atoms with Crippen molar-refractivity contribution >= 4 is 0 Å². The van der Waals surface area contributed by atoms with Crippen molar-refractivity contribution in [2.75, 3.05) is 19.6 Å². The van der Waals surface area contributed by atoms with E-state index in [1.165, 1.54) is 5.56 Å². The normalized spacial score (nSPS) is 18.1. The van der Waals surface area contributed by atoms with Gasteiger partial charge in [-0.3, -0.25) is 9.88 Å². The molecule has 1 aromatic rings. The first-order chi connectivity index (χ1) is 6.74. The van der Waals surface area contributed by atoms with Crippen LogP contribution in [0.3, 0.4) is 0 Å². The molecule has 0 unspecified atom stereocenters. The van der Waals surface area contributed by atoms with Crippen molar-refractivity contribution in [3.05, 3.63) is 29.6 Å². The predicted molar refractivity (Wildman–Crippen MR) is 55.1 cm³/mol. The Hall–Kier alpha value is -0.930. The molecular formula is C11H16N2O. The summed E-state index contributed by atoms with van der Waals surface area (Å²) in [7, 11) is 0. The fourth-order valence-electron chi connectivity index (χ4n) is 1.64. The molecule has 0 radical (unpaired) electrons. The Morgan fingerprint density at radius 1 is 1.50 bits per heavy atom. The van der Waals surface area contributed by atoms with Crippen LogP contribution in [0.15, 0.2) is 18.3 Å². The molecular weight excluding hydrogens is 176 g/mol. The summed E-state index contributed by atoms with van der Waals surface area (Å²) in [5.74, 6) is 0. The number of hydrogen-bond acceptors (Lipinski definition) is 3. The Morgan fingerprint density at radius 2 is 2.29 bits per heavy atom. The van der Waals surface area contributed by atoms with E-state index in [2.05, 4.69) is 22.0 Å². The Balaban J connectivity index is 1.78. The summed E-state index contributed by atoms with van der Waals surface area (Å²) < 4.78 is 0. The zero-order valence-electron chi connectivity index (χ0n) is 8.48. The minimum absolute atomic E-state index is 0.0963. The van der Waals surface area contributed by atoms with Crippen molar-refractivity contribution in [1.29, 1.82) is 0 Å². The van der Waals surface area contributed by atoms with Gasteiger partial charge in [-0.2, -0.15) is 0 Å². The van der Waals surface area contributed by atoms with Gasteiger partial charge in [0, 0.05) is 37.9 Å². The molecule has 0 aromatic carbocycles. The second-order valence-corrected chi connectivity index (χ2v) is 3.99. The lowest BCUT2D eigenvalue weighted by Crippen LogP contribution is -2.51. The van der Waals surface area contributed by atoms with E-state index in [4.69, 9.17) is 5.11 Å². The van der Waals surface area contributed by atoms with Gasteiger partial charge in [-0.1, -0.05) is 6.07 Å². The molecule has 1 saturated heterocycles. The zero-order valence-corrected chi connectivity index (χ0v) is 8.48. The van der Waals surface area contributed by atoms with Crippen LogP contribution in [0.1, 0.15) is 11.3 Å². The second-order valence-electron chi connectivity index (χ2n) is 3.99. The molecule has 14 heavy (non-hydrogen) atoms. The minimum Gasteiger partial charge on any atom is -0.390 e. The average Bonchev–Trinajstić information content (AvgIpc) is 2.13. The van der Waals surface area contributed by atoms with Crippen LogP contribution >= 0.6 is 0 Å². The molecule has 2 heterocycles. The maximum Gasteiger partial charge on any atom is 0.0793 e. The summed E-state index contributed by atoms with van der Waals surface area (Å²) in [6.07, 6.45) is 2.79. The van der Waals surface area contributed by atoms with E-state index in [1.807, 2.05) is 13.1 Å². The van der Waals surface area contributed by atoms with Crippen molar-refractivity contribution in [2.24, 2.45) is 0 Å². The summed E-state index contributed by atoms with van der Waals surface area (Å²) >= 11 is 0. The quantitative estimate of drug-likeness (QED) is 0.762. The zero-order chi connectivity index (χ0) is 9.97. The third-order valence-electron chi connectivity index (χ3n) is 2.59. The van der Waals surface area contributed by atoms with Gasteiger partial charge in [0.2, 0.25) is 0 Å². The number of aryl methyl sites for hydroxylation is 1. The van der Waals surface area contributed by atoms with E-state index in [-0.39, 0.29) is 6.10 Å². The highest BCUT2D eigenvalue weighted by Crippen LogP contribution is 2.08. The number of aromatic nitrogens is 1. The molecule has 1 N–H and O–H groups in total. The number of aliphatic hydroxyl groups excluding tert-OH is 1. The first-order valence-corrected chi connectivity index (χ1v) is 5.06. The number of likely N-dealkylation sites (tertiary alicyclic amines) is 1. The SMILES string of the molecule is Cc1ccc(CCN2CC(O)C2)nc1. The lowest BCUT2D eigenvalue weighted by Gasteiger charge is -2.35. The molecule has 1 aromatic heterocycles. The van der Waals surface area contributed by atoms with Crippen molar-refractivity contribution in [3.8, 4) is 0 Å². The molecule has 0 bridgehead atoms. The molecule has 1 aliphatic heterocycles. The second kappa shape index (κ2) is 4.07. The largest absolute Gasteiger partial charge is 0.390 e. The first kappa shape index (κ1) is 9.62. The van der Waals surface area contributed by atoms with E-state index in [9.17, 15) is 0 Å². The van der Waals surface area contributed by atoms with Gasteiger partial charge < -0.3 is 5.11 Å². The van der Waals surface area contributed by atoms with Crippen LogP contribution in [0.25, 0.3) is 0 Å². The minimum atomic E-state index is -0.0963. The van der Waals surface area contributed by atoms with Crippen molar-refractivity contribution in [3.63, 3.8) is 0 Å². The summed E-state index contributed by atoms with van der Waals surface area (Å²) in [6, 6.07) is 4.17. The summed E-state index contributed by atoms with van der Waals surface area (Å²) in [6.45, 7) is 4.70. The van der Waals surface area contributed by atoms with Crippen LogP contribution in [0.4, 0.5) is 0 Å². The fraction of sp³-hybridized carbons (Fsp3) is 0.545. The van der Waals surface area contributed by atoms with E-state index in [0.717, 1.165) is 31.7 Å². The number of aliphatic hydroxyl groups is 1. The standard InChI is InChI=1S/C11H16N2O/c1-9-2-3-10(12-6-9)4-5-13-7-11(14)8-13/h2-3,6,11,14H,4-5,7-8H2,1H3. The van der Waals surface area contributed by atoms with E-state index >= 15 is 0 Å². The average molecular weight is 192 g/mol. The van der Waals surface area contributed by atoms with Crippen molar-refractivity contribution in [1.82, 2.24) is 9.88 Å². The van der Waals surface area contributed by atoms with E-state index < -0.39 is 0 Å². The van der Waals surface area contributed by atoms with Gasteiger partial charge in [0.25, 0.3) is 0 Å².